The van der Waals surface area contributed by atoms with E-state index in [0.29, 0.717) is 34.0 Å². The number of hydrogen-bond acceptors (Lipinski definition) is 3. The molecule has 0 saturated heterocycles. The van der Waals surface area contributed by atoms with Crippen molar-refractivity contribution in [3.63, 3.8) is 0 Å². The minimum absolute atomic E-state index is 0.258. The largest absolute Gasteiger partial charge is 0.498 e. The summed E-state index contributed by atoms with van der Waals surface area (Å²) >= 11 is 0. The maximum absolute atomic E-state index is 6.99. The molecule has 3 nitrogen and oxygen atoms in total. The molecule has 3 saturated carbocycles. The molecule has 0 aromatic rings. The van der Waals surface area contributed by atoms with E-state index < -0.39 is 8.80 Å². The highest BCUT2D eigenvalue weighted by Gasteiger charge is 2.48. The first-order chi connectivity index (χ1) is 14.5. The lowest BCUT2D eigenvalue weighted by molar-refractivity contribution is -0.0749. The first-order valence-electron chi connectivity index (χ1n) is 13.6. The first kappa shape index (κ1) is 26.7. The van der Waals surface area contributed by atoms with Crippen LogP contribution in [0, 0.1) is 34.0 Å². The maximum Gasteiger partial charge on any atom is 0.498 e. The molecule has 3 aliphatic carbocycles. The Morgan fingerprint density at radius 1 is 0.500 bits per heavy atom. The first-order valence-corrected chi connectivity index (χ1v) is 15.8. The minimum atomic E-state index is -2.79. The normalized spacial score (nSPS) is 41.1. The lowest BCUT2D eigenvalue weighted by atomic mass is 9.72. The van der Waals surface area contributed by atoms with Gasteiger partial charge in [-0.3, -0.25) is 0 Å². The van der Waals surface area contributed by atoms with Crippen LogP contribution < -0.4 is 0 Å². The Hall–Kier alpha value is 0.0969. The van der Waals surface area contributed by atoms with Gasteiger partial charge in [-0.2, -0.15) is 0 Å². The Morgan fingerprint density at radius 2 is 0.750 bits per heavy atom. The summed E-state index contributed by atoms with van der Waals surface area (Å²) in [6, 6.07) is 0. The molecule has 0 radical (unpaired) electrons. The van der Waals surface area contributed by atoms with E-state index in [1.165, 1.54) is 19.3 Å². The van der Waals surface area contributed by atoms with Crippen LogP contribution in [-0.2, 0) is 13.3 Å². The van der Waals surface area contributed by atoms with Gasteiger partial charge in [-0.05, 0) is 91.8 Å². The second kappa shape index (κ2) is 9.63. The fourth-order valence-electron chi connectivity index (χ4n) is 8.04. The summed E-state index contributed by atoms with van der Waals surface area (Å²) < 4.78 is 21.0. The highest BCUT2D eigenvalue weighted by atomic mass is 28.4. The summed E-state index contributed by atoms with van der Waals surface area (Å²) in [6.45, 7) is 23.8. The molecular formula is C28H54O3Si. The van der Waals surface area contributed by atoms with Crippen LogP contribution in [0.3, 0.4) is 0 Å². The smallest absolute Gasteiger partial charge is 0.370 e. The third-order valence-corrected chi connectivity index (χ3v) is 10.5. The van der Waals surface area contributed by atoms with Crippen LogP contribution in [0.4, 0.5) is 0 Å². The van der Waals surface area contributed by atoms with E-state index in [1.807, 2.05) is 0 Å². The molecule has 0 spiro atoms. The lowest BCUT2D eigenvalue weighted by Crippen LogP contribution is -2.54. The molecule has 0 amide bonds. The van der Waals surface area contributed by atoms with Gasteiger partial charge in [0.1, 0.15) is 0 Å². The average Bonchev–Trinajstić information content (AvgIpc) is 2.47. The van der Waals surface area contributed by atoms with Gasteiger partial charge in [0.15, 0.2) is 0 Å². The van der Waals surface area contributed by atoms with Gasteiger partial charge in [0, 0.05) is 6.55 Å². The number of hydrogen-bond donors (Lipinski definition) is 0. The third kappa shape index (κ3) is 7.82. The second-order valence-corrected chi connectivity index (χ2v) is 17.3. The second-order valence-electron chi connectivity index (χ2n) is 14.8. The van der Waals surface area contributed by atoms with Crippen LogP contribution in [0.1, 0.15) is 120 Å². The van der Waals surface area contributed by atoms with Crippen molar-refractivity contribution in [1.29, 1.82) is 0 Å². The van der Waals surface area contributed by atoms with Gasteiger partial charge in [-0.25, -0.2) is 0 Å². The zero-order chi connectivity index (χ0) is 23.9. The Bertz CT molecular complexity index is 545. The van der Waals surface area contributed by atoms with Gasteiger partial charge in [0.2, 0.25) is 0 Å². The van der Waals surface area contributed by atoms with Crippen LogP contribution in [0.2, 0.25) is 6.55 Å². The quantitative estimate of drug-likeness (QED) is 0.369. The van der Waals surface area contributed by atoms with Gasteiger partial charge < -0.3 is 13.3 Å². The molecule has 0 heterocycles. The Balaban J connectivity index is 1.78. The predicted octanol–water partition coefficient (Wildman–Crippen LogP) is 8.25. The molecule has 3 aliphatic rings. The zero-order valence-corrected chi connectivity index (χ0v) is 24.1. The fourth-order valence-corrected chi connectivity index (χ4v) is 10.6. The van der Waals surface area contributed by atoms with E-state index in [9.17, 15) is 0 Å². The highest BCUT2D eigenvalue weighted by molar-refractivity contribution is 6.59. The van der Waals surface area contributed by atoms with E-state index in [0.717, 1.165) is 38.5 Å². The maximum atomic E-state index is 6.99. The molecule has 0 aliphatic heterocycles. The van der Waals surface area contributed by atoms with E-state index >= 15 is 0 Å². The molecule has 188 valence electrons. The Kier molecular flexibility index (Phi) is 8.03. The molecule has 0 aromatic heterocycles. The van der Waals surface area contributed by atoms with Gasteiger partial charge in [0.05, 0.1) is 18.3 Å². The summed E-state index contributed by atoms with van der Waals surface area (Å²) in [5.41, 5.74) is 1.00. The van der Waals surface area contributed by atoms with Crippen LogP contribution >= 0.6 is 0 Å². The van der Waals surface area contributed by atoms with Crippen molar-refractivity contribution < 1.29 is 13.3 Å². The van der Waals surface area contributed by atoms with E-state index in [-0.39, 0.29) is 18.3 Å². The summed E-state index contributed by atoms with van der Waals surface area (Å²) in [6.07, 6.45) is 11.4. The molecule has 3 rings (SSSR count). The van der Waals surface area contributed by atoms with E-state index in [4.69, 9.17) is 13.3 Å². The third-order valence-electron chi connectivity index (χ3n) is 8.18. The van der Waals surface area contributed by atoms with Gasteiger partial charge in [-0.15, -0.1) is 0 Å². The molecule has 0 N–H and O–H groups in total. The van der Waals surface area contributed by atoms with Crippen molar-refractivity contribution in [3.05, 3.63) is 0 Å². The van der Waals surface area contributed by atoms with Crippen molar-refractivity contribution in [2.45, 2.75) is 145 Å². The standard InChI is InChI=1S/C28H54O3Si/c1-20-11-23(17-26(4,5)14-20)29-32(10,30-24-12-21(2)15-27(6,7)18-24)31-25-13-22(3)16-28(8,9)19-25/h20-25H,11-19H2,1-10H3. The molecule has 6 unspecified atom stereocenters. The minimum Gasteiger partial charge on any atom is -0.370 e. The monoisotopic (exact) mass is 466 g/mol. The fraction of sp³-hybridized carbons (Fsp3) is 1.00. The van der Waals surface area contributed by atoms with Crippen LogP contribution in [0.15, 0.2) is 0 Å². The van der Waals surface area contributed by atoms with Crippen LogP contribution in [0.25, 0.3) is 0 Å². The SMILES string of the molecule is CC1CC(O[Si](C)(OC2CC(C)CC(C)(C)C2)OC2CC(C)CC(C)(C)C2)CC(C)(C)C1. The molecule has 4 heteroatoms. The predicted molar refractivity (Wildman–Crippen MR) is 137 cm³/mol. The lowest BCUT2D eigenvalue weighted by Gasteiger charge is -2.46. The average molecular weight is 467 g/mol. The van der Waals surface area contributed by atoms with E-state index in [2.05, 4.69) is 68.9 Å². The Labute approximate surface area is 201 Å². The summed E-state index contributed by atoms with van der Waals surface area (Å²) in [5.74, 6) is 2.10. The zero-order valence-electron chi connectivity index (χ0n) is 23.1. The Morgan fingerprint density at radius 3 is 0.969 bits per heavy atom. The topological polar surface area (TPSA) is 27.7 Å². The van der Waals surface area contributed by atoms with Crippen molar-refractivity contribution in [2.24, 2.45) is 34.0 Å². The van der Waals surface area contributed by atoms with Crippen LogP contribution in [0.5, 0.6) is 0 Å². The van der Waals surface area contributed by atoms with Gasteiger partial charge in [-0.1, -0.05) is 62.3 Å². The molecule has 6 atom stereocenters. The van der Waals surface area contributed by atoms with E-state index in [1.54, 1.807) is 0 Å². The molecule has 0 aromatic carbocycles. The van der Waals surface area contributed by atoms with Crippen molar-refractivity contribution in [2.75, 3.05) is 0 Å². The van der Waals surface area contributed by atoms with Crippen molar-refractivity contribution in [3.8, 4) is 0 Å². The van der Waals surface area contributed by atoms with Gasteiger partial charge >= 0.3 is 8.80 Å². The highest BCUT2D eigenvalue weighted by Crippen LogP contribution is 2.45. The molecule has 32 heavy (non-hydrogen) atoms. The molecule has 3 fully saturated rings. The number of rotatable bonds is 6. The van der Waals surface area contributed by atoms with Crippen LogP contribution in [-0.4, -0.2) is 27.1 Å². The summed E-state index contributed by atoms with van der Waals surface area (Å²) in [7, 11) is -2.79. The van der Waals surface area contributed by atoms with Crippen molar-refractivity contribution in [1.82, 2.24) is 0 Å². The molecular weight excluding hydrogens is 412 g/mol. The van der Waals surface area contributed by atoms with Gasteiger partial charge in [0.25, 0.3) is 0 Å². The summed E-state index contributed by atoms with van der Waals surface area (Å²) in [4.78, 5) is 0. The summed E-state index contributed by atoms with van der Waals surface area (Å²) in [5, 5.41) is 0. The van der Waals surface area contributed by atoms with Crippen molar-refractivity contribution >= 4 is 8.80 Å². The molecule has 0 bridgehead atoms.